The van der Waals surface area contributed by atoms with Gasteiger partial charge in [0, 0.05) is 19.4 Å². The van der Waals surface area contributed by atoms with E-state index in [1.54, 1.807) is 25.5 Å². The first-order chi connectivity index (χ1) is 6.74. The molecule has 0 aliphatic heterocycles. The molecule has 6 heteroatoms. The number of hydrazine groups is 1. The monoisotopic (exact) mass is 191 g/mol. The van der Waals surface area contributed by atoms with Gasteiger partial charge >= 0.3 is 0 Å². The molecule has 2 heterocycles. The fourth-order valence-electron chi connectivity index (χ4n) is 1.30. The first-order valence-electron chi connectivity index (χ1n) is 4.01. The van der Waals surface area contributed by atoms with Gasteiger partial charge in [0.1, 0.15) is 0 Å². The molecule has 0 atom stereocenters. The van der Waals surface area contributed by atoms with Crippen LogP contribution in [0.15, 0.2) is 23.3 Å². The first-order valence-corrected chi connectivity index (χ1v) is 4.01. The van der Waals surface area contributed by atoms with Crippen molar-refractivity contribution in [1.29, 1.82) is 0 Å². The smallest absolute Gasteiger partial charge is 0.274 e. The van der Waals surface area contributed by atoms with E-state index in [-0.39, 0.29) is 5.56 Å². The Kier molecular flexibility index (Phi) is 1.90. The highest BCUT2D eigenvalue weighted by Gasteiger charge is 2.06. The quantitative estimate of drug-likeness (QED) is 0.473. The third-order valence-corrected chi connectivity index (χ3v) is 1.99. The van der Waals surface area contributed by atoms with Crippen LogP contribution in [0, 0.1) is 0 Å². The van der Waals surface area contributed by atoms with E-state index in [2.05, 4.69) is 15.5 Å². The lowest BCUT2D eigenvalue weighted by molar-refractivity contribution is 0.721. The zero-order chi connectivity index (χ0) is 10.1. The van der Waals surface area contributed by atoms with Crippen molar-refractivity contribution in [1.82, 2.24) is 14.8 Å². The lowest BCUT2D eigenvalue weighted by Gasteiger charge is -2.05. The molecule has 3 N–H and O–H groups in total. The fraction of sp³-hybridized carbons (Fsp3) is 0.125. The number of nitrogens with one attached hydrogen (secondary N) is 1. The van der Waals surface area contributed by atoms with Crippen LogP contribution >= 0.6 is 0 Å². The number of anilines is 1. The van der Waals surface area contributed by atoms with Gasteiger partial charge in [-0.3, -0.25) is 9.78 Å². The molecule has 2 rings (SSSR count). The minimum atomic E-state index is -0.165. The van der Waals surface area contributed by atoms with E-state index in [0.717, 1.165) is 0 Å². The molecule has 0 aromatic carbocycles. The number of aromatic nitrogens is 3. The van der Waals surface area contributed by atoms with E-state index in [4.69, 9.17) is 5.84 Å². The summed E-state index contributed by atoms with van der Waals surface area (Å²) in [6, 6.07) is 1.64. The Balaban J connectivity index is 2.97. The van der Waals surface area contributed by atoms with Gasteiger partial charge in [-0.05, 0) is 6.07 Å². The van der Waals surface area contributed by atoms with E-state index >= 15 is 0 Å². The van der Waals surface area contributed by atoms with Crippen molar-refractivity contribution < 1.29 is 0 Å². The summed E-state index contributed by atoms with van der Waals surface area (Å²) in [7, 11) is 1.57. The molecule has 14 heavy (non-hydrogen) atoms. The maximum atomic E-state index is 11.6. The first kappa shape index (κ1) is 8.64. The molecule has 0 saturated heterocycles. The number of rotatable bonds is 1. The summed E-state index contributed by atoms with van der Waals surface area (Å²) >= 11 is 0. The molecule has 0 radical (unpaired) electrons. The van der Waals surface area contributed by atoms with Crippen molar-refractivity contribution in [3.63, 3.8) is 0 Å². The van der Waals surface area contributed by atoms with Crippen LogP contribution in [-0.4, -0.2) is 14.8 Å². The maximum absolute atomic E-state index is 11.6. The standard InChI is InChI=1S/C8H9N5O/c1-13-8(14)5-2-3-10-4-6(5)7(11-9)12-13/h2-4H,9H2,1H3,(H,11,12). The van der Waals surface area contributed by atoms with Gasteiger partial charge in [-0.25, -0.2) is 10.5 Å². The van der Waals surface area contributed by atoms with Crippen LogP contribution in [0.25, 0.3) is 10.8 Å². The van der Waals surface area contributed by atoms with Crippen LogP contribution in [0.3, 0.4) is 0 Å². The van der Waals surface area contributed by atoms with Crippen molar-refractivity contribution in [3.05, 3.63) is 28.8 Å². The lowest BCUT2D eigenvalue weighted by atomic mass is 10.2. The second-order valence-corrected chi connectivity index (χ2v) is 2.84. The molecule has 0 fully saturated rings. The molecular formula is C8H9N5O. The van der Waals surface area contributed by atoms with Crippen molar-refractivity contribution in [2.45, 2.75) is 0 Å². The van der Waals surface area contributed by atoms with Crippen LogP contribution < -0.4 is 16.8 Å². The molecule has 0 saturated carbocycles. The minimum Gasteiger partial charge on any atom is -0.306 e. The van der Waals surface area contributed by atoms with Crippen LogP contribution in [0.2, 0.25) is 0 Å². The highest BCUT2D eigenvalue weighted by Crippen LogP contribution is 2.14. The summed E-state index contributed by atoms with van der Waals surface area (Å²) in [5, 5.41) is 5.12. The number of aryl methyl sites for hydroxylation is 1. The molecule has 6 nitrogen and oxygen atoms in total. The molecule has 2 aromatic heterocycles. The Hall–Kier alpha value is -1.95. The number of hydrogen-bond donors (Lipinski definition) is 2. The molecule has 0 aliphatic carbocycles. The molecule has 0 aliphatic rings. The van der Waals surface area contributed by atoms with Gasteiger partial charge < -0.3 is 5.43 Å². The lowest BCUT2D eigenvalue weighted by Crippen LogP contribution is -2.23. The van der Waals surface area contributed by atoms with E-state index in [9.17, 15) is 4.79 Å². The van der Waals surface area contributed by atoms with Gasteiger partial charge in [0.15, 0.2) is 5.82 Å². The van der Waals surface area contributed by atoms with Crippen LogP contribution in [0.4, 0.5) is 5.82 Å². The van der Waals surface area contributed by atoms with Crippen molar-refractivity contribution >= 4 is 16.6 Å². The molecule has 72 valence electrons. The van der Waals surface area contributed by atoms with Gasteiger partial charge in [-0.15, -0.1) is 0 Å². The zero-order valence-electron chi connectivity index (χ0n) is 7.56. The third kappa shape index (κ3) is 1.12. The highest BCUT2D eigenvalue weighted by molar-refractivity contribution is 5.89. The molecule has 0 amide bonds. The number of pyridine rings is 1. The SMILES string of the molecule is Cn1nc(NN)c2cnccc2c1=O. The summed E-state index contributed by atoms with van der Waals surface area (Å²) in [5.41, 5.74) is 2.26. The van der Waals surface area contributed by atoms with Crippen molar-refractivity contribution in [2.75, 3.05) is 5.43 Å². The average molecular weight is 191 g/mol. The summed E-state index contributed by atoms with van der Waals surface area (Å²) in [6.07, 6.45) is 3.11. The van der Waals surface area contributed by atoms with E-state index < -0.39 is 0 Å². The van der Waals surface area contributed by atoms with Gasteiger partial charge in [0.05, 0.1) is 10.8 Å². The summed E-state index contributed by atoms with van der Waals surface area (Å²) in [4.78, 5) is 15.5. The molecule has 0 bridgehead atoms. The van der Waals surface area contributed by atoms with Crippen molar-refractivity contribution in [3.8, 4) is 0 Å². The van der Waals surface area contributed by atoms with Gasteiger partial charge in [0.2, 0.25) is 0 Å². The predicted molar refractivity (Wildman–Crippen MR) is 52.6 cm³/mol. The average Bonchev–Trinajstić information content (AvgIpc) is 2.23. The minimum absolute atomic E-state index is 0.165. The summed E-state index contributed by atoms with van der Waals surface area (Å²) in [6.45, 7) is 0. The Morgan fingerprint density at radius 1 is 1.50 bits per heavy atom. The highest BCUT2D eigenvalue weighted by atomic mass is 16.1. The maximum Gasteiger partial charge on any atom is 0.274 e. The van der Waals surface area contributed by atoms with Crippen LogP contribution in [-0.2, 0) is 7.05 Å². The summed E-state index contributed by atoms with van der Waals surface area (Å²) < 4.78 is 1.23. The van der Waals surface area contributed by atoms with E-state index in [1.165, 1.54) is 4.68 Å². The normalized spacial score (nSPS) is 10.4. The number of fused-ring (bicyclic) bond motifs is 1. The molecule has 2 aromatic rings. The van der Waals surface area contributed by atoms with Crippen LogP contribution in [0.5, 0.6) is 0 Å². The van der Waals surface area contributed by atoms with Gasteiger partial charge in [-0.1, -0.05) is 0 Å². The van der Waals surface area contributed by atoms with Gasteiger partial charge in [0.25, 0.3) is 5.56 Å². The number of nitrogens with two attached hydrogens (primary N) is 1. The van der Waals surface area contributed by atoms with Crippen LogP contribution in [0.1, 0.15) is 0 Å². The van der Waals surface area contributed by atoms with Crippen molar-refractivity contribution in [2.24, 2.45) is 12.9 Å². The Labute approximate surface area is 79.3 Å². The topological polar surface area (TPSA) is 85.8 Å². The number of nitrogens with zero attached hydrogens (tertiary/aromatic N) is 3. The third-order valence-electron chi connectivity index (χ3n) is 1.99. The van der Waals surface area contributed by atoms with E-state index in [0.29, 0.717) is 16.6 Å². The summed E-state index contributed by atoms with van der Waals surface area (Å²) in [5.74, 6) is 5.72. The van der Waals surface area contributed by atoms with Gasteiger partial charge in [-0.2, -0.15) is 5.10 Å². The molecule has 0 spiro atoms. The molecule has 0 unspecified atom stereocenters. The predicted octanol–water partition coefficient (Wildman–Crippen LogP) is -0.386. The zero-order valence-corrected chi connectivity index (χ0v) is 7.56. The number of hydrogen-bond acceptors (Lipinski definition) is 5. The Morgan fingerprint density at radius 2 is 2.29 bits per heavy atom. The number of nitrogen functional groups attached to an aromatic ring is 1. The fourth-order valence-corrected chi connectivity index (χ4v) is 1.30. The largest absolute Gasteiger partial charge is 0.306 e. The Morgan fingerprint density at radius 3 is 3.00 bits per heavy atom. The second kappa shape index (κ2) is 3.08. The molecular weight excluding hydrogens is 182 g/mol. The Bertz CT molecular complexity index is 533. The second-order valence-electron chi connectivity index (χ2n) is 2.84. The van der Waals surface area contributed by atoms with E-state index in [1.807, 2.05) is 0 Å².